The zero-order valence-electron chi connectivity index (χ0n) is 15.5. The molecule has 1 unspecified atom stereocenters. The highest BCUT2D eigenvalue weighted by atomic mass is 35.5. The average Bonchev–Trinajstić information content (AvgIpc) is 3.43. The molecule has 0 saturated carbocycles. The SMILES string of the molecule is O=C(Nc1ccc(F)c(Cl)c1)c1cc(C2CCCN(S(=O)(=O)c3cccs3)C2)on1. The summed E-state index contributed by atoms with van der Waals surface area (Å²) in [5, 5.41) is 8.00. The maximum Gasteiger partial charge on any atom is 0.277 e. The van der Waals surface area contributed by atoms with Crippen molar-refractivity contribution in [2.75, 3.05) is 18.4 Å². The molecule has 1 N–H and O–H groups in total. The maximum atomic E-state index is 13.3. The van der Waals surface area contributed by atoms with Crippen molar-refractivity contribution in [2.45, 2.75) is 23.0 Å². The van der Waals surface area contributed by atoms with E-state index < -0.39 is 21.7 Å². The number of aromatic nitrogens is 1. The van der Waals surface area contributed by atoms with E-state index in [1.807, 2.05) is 0 Å². The van der Waals surface area contributed by atoms with E-state index in [9.17, 15) is 17.6 Å². The number of anilines is 1. The van der Waals surface area contributed by atoms with E-state index in [0.29, 0.717) is 28.6 Å². The monoisotopic (exact) mass is 469 g/mol. The Morgan fingerprint density at radius 3 is 2.90 bits per heavy atom. The quantitative estimate of drug-likeness (QED) is 0.599. The van der Waals surface area contributed by atoms with Crippen LogP contribution in [-0.4, -0.2) is 36.9 Å². The van der Waals surface area contributed by atoms with E-state index in [-0.39, 0.29) is 23.2 Å². The van der Waals surface area contributed by atoms with Gasteiger partial charge in [-0.05, 0) is 42.5 Å². The lowest BCUT2D eigenvalue weighted by atomic mass is 9.97. The van der Waals surface area contributed by atoms with Crippen LogP contribution in [0, 0.1) is 5.82 Å². The summed E-state index contributed by atoms with van der Waals surface area (Å²) in [6, 6.07) is 8.62. The Morgan fingerprint density at radius 1 is 1.33 bits per heavy atom. The molecule has 0 spiro atoms. The van der Waals surface area contributed by atoms with Crippen LogP contribution in [-0.2, 0) is 10.0 Å². The number of carbonyl (C=O) groups is 1. The fraction of sp³-hybridized carbons (Fsp3) is 0.263. The van der Waals surface area contributed by atoms with Crippen molar-refractivity contribution in [2.24, 2.45) is 0 Å². The predicted octanol–water partition coefficient (Wildman–Crippen LogP) is 4.35. The summed E-state index contributed by atoms with van der Waals surface area (Å²) in [5.41, 5.74) is 0.366. The molecule has 3 heterocycles. The van der Waals surface area contributed by atoms with Gasteiger partial charge in [-0.15, -0.1) is 11.3 Å². The van der Waals surface area contributed by atoms with Crippen molar-refractivity contribution in [1.82, 2.24) is 9.46 Å². The van der Waals surface area contributed by atoms with Gasteiger partial charge in [-0.2, -0.15) is 4.31 Å². The zero-order chi connectivity index (χ0) is 21.3. The van der Waals surface area contributed by atoms with E-state index >= 15 is 0 Å². The van der Waals surface area contributed by atoms with Crippen LogP contribution in [0.15, 0.2) is 50.5 Å². The van der Waals surface area contributed by atoms with Gasteiger partial charge in [-0.25, -0.2) is 12.8 Å². The number of halogens is 2. The molecule has 1 aromatic carbocycles. The molecule has 30 heavy (non-hydrogen) atoms. The van der Waals surface area contributed by atoms with Crippen LogP contribution in [0.4, 0.5) is 10.1 Å². The molecule has 0 aliphatic carbocycles. The number of benzene rings is 1. The first-order chi connectivity index (χ1) is 14.3. The minimum absolute atomic E-state index is 0.0451. The molecule has 158 valence electrons. The Hall–Kier alpha value is -2.27. The molecular weight excluding hydrogens is 453 g/mol. The van der Waals surface area contributed by atoms with Gasteiger partial charge >= 0.3 is 0 Å². The first-order valence-electron chi connectivity index (χ1n) is 9.11. The van der Waals surface area contributed by atoms with Crippen LogP contribution >= 0.6 is 22.9 Å². The Bertz CT molecular complexity index is 1160. The van der Waals surface area contributed by atoms with E-state index in [1.165, 1.54) is 33.8 Å². The summed E-state index contributed by atoms with van der Waals surface area (Å²) in [6.07, 6.45) is 1.39. The van der Waals surface area contributed by atoms with Gasteiger partial charge < -0.3 is 9.84 Å². The Balaban J connectivity index is 1.46. The molecule has 0 bridgehead atoms. The lowest BCUT2D eigenvalue weighted by Crippen LogP contribution is -2.38. The topological polar surface area (TPSA) is 92.5 Å². The molecule has 4 rings (SSSR count). The van der Waals surface area contributed by atoms with Gasteiger partial charge in [-0.3, -0.25) is 4.79 Å². The molecule has 1 amide bonds. The molecule has 0 radical (unpaired) electrons. The van der Waals surface area contributed by atoms with Gasteiger partial charge in [0, 0.05) is 30.8 Å². The second-order valence-electron chi connectivity index (χ2n) is 6.83. The second kappa shape index (κ2) is 8.46. The Morgan fingerprint density at radius 2 is 2.17 bits per heavy atom. The Labute approximate surface area is 181 Å². The largest absolute Gasteiger partial charge is 0.360 e. The van der Waals surface area contributed by atoms with Crippen LogP contribution in [0.2, 0.25) is 5.02 Å². The molecular formula is C19H17ClFN3O4S2. The smallest absolute Gasteiger partial charge is 0.277 e. The van der Waals surface area contributed by atoms with Crippen molar-refractivity contribution in [3.05, 3.63) is 64.1 Å². The van der Waals surface area contributed by atoms with Crippen molar-refractivity contribution in [3.8, 4) is 0 Å². The van der Waals surface area contributed by atoms with Gasteiger partial charge in [0.15, 0.2) is 5.69 Å². The van der Waals surface area contributed by atoms with Crippen LogP contribution in [0.1, 0.15) is 35.0 Å². The van der Waals surface area contributed by atoms with Crippen LogP contribution in [0.5, 0.6) is 0 Å². The van der Waals surface area contributed by atoms with E-state index in [0.717, 1.165) is 12.5 Å². The number of nitrogens with one attached hydrogen (secondary N) is 1. The third-order valence-electron chi connectivity index (χ3n) is 4.81. The van der Waals surface area contributed by atoms with Gasteiger partial charge in [0.25, 0.3) is 15.9 Å². The second-order valence-corrected chi connectivity index (χ2v) is 10.4. The number of nitrogens with zero attached hydrogens (tertiary/aromatic N) is 2. The number of thiophene rings is 1. The third-order valence-corrected chi connectivity index (χ3v) is 8.34. The first kappa shape index (κ1) is 21.0. The minimum atomic E-state index is -3.55. The number of carbonyl (C=O) groups excluding carboxylic acids is 1. The average molecular weight is 470 g/mol. The molecule has 1 atom stereocenters. The van der Waals surface area contributed by atoms with Gasteiger partial charge in [0.1, 0.15) is 15.8 Å². The van der Waals surface area contributed by atoms with E-state index in [1.54, 1.807) is 17.5 Å². The standard InChI is InChI=1S/C19H17ClFN3O4S2/c20-14-9-13(5-6-15(14)21)22-19(25)16-10-17(28-23-16)12-3-1-7-24(11-12)30(26,27)18-4-2-8-29-18/h2,4-6,8-10,12H,1,3,7,11H2,(H,22,25). The van der Waals surface area contributed by atoms with Crippen molar-refractivity contribution in [1.29, 1.82) is 0 Å². The van der Waals surface area contributed by atoms with Crippen molar-refractivity contribution >= 4 is 44.6 Å². The number of rotatable bonds is 5. The maximum absolute atomic E-state index is 13.3. The highest BCUT2D eigenvalue weighted by Crippen LogP contribution is 2.32. The van der Waals surface area contributed by atoms with Gasteiger partial charge in [0.05, 0.1) is 5.02 Å². The molecule has 3 aromatic rings. The highest BCUT2D eigenvalue weighted by Gasteiger charge is 2.33. The molecule has 7 nitrogen and oxygen atoms in total. The summed E-state index contributed by atoms with van der Waals surface area (Å²) in [5.74, 6) is -0.879. The van der Waals surface area contributed by atoms with Crippen molar-refractivity contribution < 1.29 is 22.1 Å². The fourth-order valence-electron chi connectivity index (χ4n) is 3.29. The summed E-state index contributed by atoms with van der Waals surface area (Å²) in [7, 11) is -3.55. The molecule has 11 heteroatoms. The van der Waals surface area contributed by atoms with E-state index in [2.05, 4.69) is 10.5 Å². The number of sulfonamides is 1. The van der Waals surface area contributed by atoms with Crippen LogP contribution < -0.4 is 5.32 Å². The lowest BCUT2D eigenvalue weighted by Gasteiger charge is -2.30. The van der Waals surface area contributed by atoms with Crippen LogP contribution in [0.3, 0.4) is 0 Å². The van der Waals surface area contributed by atoms with Crippen LogP contribution in [0.25, 0.3) is 0 Å². The Kier molecular flexibility index (Phi) is 5.92. The highest BCUT2D eigenvalue weighted by molar-refractivity contribution is 7.91. The normalized spacial score (nSPS) is 17.7. The number of piperidine rings is 1. The number of hydrogen-bond acceptors (Lipinski definition) is 6. The molecule has 1 aliphatic heterocycles. The summed E-state index contributed by atoms with van der Waals surface area (Å²) >= 11 is 6.90. The zero-order valence-corrected chi connectivity index (χ0v) is 17.9. The van der Waals surface area contributed by atoms with E-state index in [4.69, 9.17) is 16.1 Å². The molecule has 1 fully saturated rings. The summed E-state index contributed by atoms with van der Waals surface area (Å²) < 4.78 is 45.9. The third kappa shape index (κ3) is 4.27. The number of amides is 1. The molecule has 2 aromatic heterocycles. The lowest BCUT2D eigenvalue weighted by molar-refractivity contribution is 0.101. The predicted molar refractivity (Wildman–Crippen MR) is 111 cm³/mol. The minimum Gasteiger partial charge on any atom is -0.360 e. The summed E-state index contributed by atoms with van der Waals surface area (Å²) in [6.45, 7) is 0.688. The van der Waals surface area contributed by atoms with Crippen molar-refractivity contribution in [3.63, 3.8) is 0 Å². The van der Waals surface area contributed by atoms with Gasteiger partial charge in [0.2, 0.25) is 0 Å². The molecule has 1 aliphatic rings. The first-order valence-corrected chi connectivity index (χ1v) is 11.8. The number of hydrogen-bond donors (Lipinski definition) is 1. The summed E-state index contributed by atoms with van der Waals surface area (Å²) in [4.78, 5) is 12.4. The fourth-order valence-corrected chi connectivity index (χ4v) is 6.14. The van der Waals surface area contributed by atoms with Gasteiger partial charge in [-0.1, -0.05) is 22.8 Å². The molecule has 1 saturated heterocycles.